The Morgan fingerprint density at radius 1 is 0.735 bits per heavy atom. The van der Waals surface area contributed by atoms with Gasteiger partial charge in [-0.15, -0.1) is 0 Å². The van der Waals surface area contributed by atoms with Crippen LogP contribution in [0.5, 0.6) is 0 Å². The van der Waals surface area contributed by atoms with Gasteiger partial charge in [0.1, 0.15) is 18.1 Å². The Morgan fingerprint density at radius 3 is 1.59 bits per heavy atom. The van der Waals surface area contributed by atoms with Crippen molar-refractivity contribution in [1.29, 1.82) is 0 Å². The molecule has 4 N–H and O–H groups in total. The van der Waals surface area contributed by atoms with Gasteiger partial charge in [-0.05, 0) is 31.6 Å². The summed E-state index contributed by atoms with van der Waals surface area (Å²) in [6.45, 7) is 12.9. The van der Waals surface area contributed by atoms with Gasteiger partial charge in [-0.2, -0.15) is 0 Å². The van der Waals surface area contributed by atoms with E-state index < -0.39 is 77.9 Å². The van der Waals surface area contributed by atoms with Crippen molar-refractivity contribution in [3.8, 4) is 0 Å². The molecular weight excluding hydrogens is 446 g/mol. The van der Waals surface area contributed by atoms with Crippen molar-refractivity contribution >= 4 is 29.7 Å². The molecule has 0 aliphatic carbocycles. The Labute approximate surface area is 200 Å². The molecule has 0 radical (unpaired) electrons. The molecule has 1 fully saturated rings. The second-order valence-electron chi connectivity index (χ2n) is 9.53. The molecular formula is C23H39N3O8. The molecule has 3 amide bonds. The molecule has 34 heavy (non-hydrogen) atoms. The van der Waals surface area contributed by atoms with E-state index in [-0.39, 0.29) is 5.92 Å². The third kappa shape index (κ3) is 7.68. The summed E-state index contributed by atoms with van der Waals surface area (Å²) >= 11 is 0. The van der Waals surface area contributed by atoms with Crippen LogP contribution in [0.2, 0.25) is 0 Å². The van der Waals surface area contributed by atoms with Crippen molar-refractivity contribution in [3.63, 3.8) is 0 Å². The van der Waals surface area contributed by atoms with E-state index >= 15 is 0 Å². The Morgan fingerprint density at radius 2 is 1.18 bits per heavy atom. The van der Waals surface area contributed by atoms with Gasteiger partial charge >= 0.3 is 11.9 Å². The number of ether oxygens (including phenoxy) is 2. The molecule has 1 heterocycles. The Bertz CT molecular complexity index is 767. The first kappa shape index (κ1) is 29.3. The van der Waals surface area contributed by atoms with Crippen LogP contribution in [-0.2, 0) is 33.4 Å². The highest BCUT2D eigenvalue weighted by molar-refractivity contribution is 5.94. The minimum atomic E-state index is -1.42. The summed E-state index contributed by atoms with van der Waals surface area (Å²) in [5.41, 5.74) is 0. The van der Waals surface area contributed by atoms with Crippen molar-refractivity contribution in [3.05, 3.63) is 0 Å². The number of hydrogen-bond acceptors (Lipinski definition) is 8. The van der Waals surface area contributed by atoms with Crippen LogP contribution in [0.1, 0.15) is 61.8 Å². The van der Waals surface area contributed by atoms with E-state index in [4.69, 9.17) is 9.47 Å². The molecule has 11 heteroatoms. The number of carbonyl (C=O) groups is 5. The van der Waals surface area contributed by atoms with Crippen LogP contribution in [0.25, 0.3) is 0 Å². The van der Waals surface area contributed by atoms with Gasteiger partial charge in [0, 0.05) is 0 Å². The van der Waals surface area contributed by atoms with Crippen molar-refractivity contribution in [2.75, 3.05) is 0 Å². The maximum atomic E-state index is 13.1. The molecule has 0 bridgehead atoms. The number of hydrogen-bond donors (Lipinski definition) is 4. The van der Waals surface area contributed by atoms with Gasteiger partial charge in [0.2, 0.25) is 5.91 Å². The van der Waals surface area contributed by atoms with Crippen LogP contribution >= 0.6 is 0 Å². The zero-order valence-electron chi connectivity index (χ0n) is 21.2. The summed E-state index contributed by atoms with van der Waals surface area (Å²) in [4.78, 5) is 64.4. The van der Waals surface area contributed by atoms with E-state index in [1.807, 2.05) is 6.92 Å². The standard InChI is InChI=1S/C23H39N3O8/c1-9-12(6)15-23(32)34-18(11(4)5)21(30)26-16(14(8)27)19(28)24-13(7)22(31)33-17(10(2)3)20(29)25-15/h10-18,27H,9H2,1-8H3,(H,24,28)(H,25,29)(H,26,30)/t12-,13?,14?,15?,16?,17-,18?/m0/s1. The maximum Gasteiger partial charge on any atom is 0.329 e. The van der Waals surface area contributed by atoms with Crippen molar-refractivity contribution in [1.82, 2.24) is 16.0 Å². The lowest BCUT2D eigenvalue weighted by atomic mass is 9.97. The smallest absolute Gasteiger partial charge is 0.329 e. The number of cyclic esters (lactones) is 2. The fraction of sp³-hybridized carbons (Fsp3) is 0.783. The highest BCUT2D eigenvalue weighted by Gasteiger charge is 2.39. The second-order valence-corrected chi connectivity index (χ2v) is 9.53. The van der Waals surface area contributed by atoms with Crippen LogP contribution in [0.4, 0.5) is 0 Å². The molecule has 5 unspecified atom stereocenters. The predicted octanol–water partition coefficient (Wildman–Crippen LogP) is 0.0368. The molecule has 0 aromatic heterocycles. The second kappa shape index (κ2) is 12.7. The summed E-state index contributed by atoms with van der Waals surface area (Å²) in [5.74, 6) is -5.28. The van der Waals surface area contributed by atoms with Gasteiger partial charge in [-0.1, -0.05) is 48.0 Å². The molecule has 0 aromatic rings. The van der Waals surface area contributed by atoms with E-state index in [0.29, 0.717) is 6.42 Å². The quantitative estimate of drug-likeness (QED) is 0.397. The summed E-state index contributed by atoms with van der Waals surface area (Å²) in [5, 5.41) is 17.5. The van der Waals surface area contributed by atoms with Crippen LogP contribution in [0.15, 0.2) is 0 Å². The summed E-state index contributed by atoms with van der Waals surface area (Å²) < 4.78 is 10.9. The molecule has 1 aliphatic rings. The van der Waals surface area contributed by atoms with Gasteiger partial charge in [0.15, 0.2) is 12.2 Å². The van der Waals surface area contributed by atoms with E-state index in [9.17, 15) is 29.1 Å². The van der Waals surface area contributed by atoms with Crippen molar-refractivity contribution in [2.24, 2.45) is 17.8 Å². The largest absolute Gasteiger partial charge is 0.450 e. The van der Waals surface area contributed by atoms with Crippen molar-refractivity contribution < 1.29 is 38.6 Å². The monoisotopic (exact) mass is 485 g/mol. The zero-order chi connectivity index (χ0) is 26.3. The Balaban J connectivity index is 3.49. The van der Waals surface area contributed by atoms with Gasteiger partial charge in [-0.25, -0.2) is 9.59 Å². The van der Waals surface area contributed by atoms with Gasteiger partial charge in [0.25, 0.3) is 11.8 Å². The number of nitrogens with one attached hydrogen (secondary N) is 3. The molecule has 0 saturated carbocycles. The molecule has 1 aliphatic heterocycles. The highest BCUT2D eigenvalue weighted by atomic mass is 16.6. The lowest BCUT2D eigenvalue weighted by Crippen LogP contribution is -2.58. The van der Waals surface area contributed by atoms with Crippen molar-refractivity contribution in [2.45, 2.75) is 98.2 Å². The van der Waals surface area contributed by atoms with Gasteiger partial charge in [0.05, 0.1) is 6.10 Å². The highest BCUT2D eigenvalue weighted by Crippen LogP contribution is 2.17. The fourth-order valence-corrected chi connectivity index (χ4v) is 3.32. The Hall–Kier alpha value is -2.69. The van der Waals surface area contributed by atoms with E-state index in [2.05, 4.69) is 16.0 Å². The first-order chi connectivity index (χ1) is 15.7. The molecule has 0 aromatic carbocycles. The molecule has 11 nitrogen and oxygen atoms in total. The Kier molecular flexibility index (Phi) is 10.9. The SMILES string of the molecule is CC[C@H](C)C1NC(=O)[C@H](C(C)C)OC(=O)C(C)NC(=O)C(C(C)O)NC(=O)C(C(C)C)OC1=O. The molecule has 1 saturated heterocycles. The summed E-state index contributed by atoms with van der Waals surface area (Å²) in [6, 6.07) is -3.69. The number of amides is 3. The minimum absolute atomic E-state index is 0.348. The van der Waals surface area contributed by atoms with Gasteiger partial charge < -0.3 is 30.5 Å². The number of rotatable bonds is 5. The zero-order valence-corrected chi connectivity index (χ0v) is 21.2. The van der Waals surface area contributed by atoms with E-state index in [1.54, 1.807) is 34.6 Å². The molecule has 194 valence electrons. The minimum Gasteiger partial charge on any atom is -0.450 e. The van der Waals surface area contributed by atoms with Crippen LogP contribution in [0.3, 0.4) is 0 Å². The lowest BCUT2D eigenvalue weighted by Gasteiger charge is -2.29. The predicted molar refractivity (Wildman–Crippen MR) is 122 cm³/mol. The van der Waals surface area contributed by atoms with E-state index in [1.165, 1.54) is 13.8 Å². The van der Waals surface area contributed by atoms with Gasteiger partial charge in [-0.3, -0.25) is 14.4 Å². The number of aliphatic hydroxyl groups excluding tert-OH is 1. The third-order valence-corrected chi connectivity index (χ3v) is 5.75. The van der Waals surface area contributed by atoms with Crippen LogP contribution in [0, 0.1) is 17.8 Å². The summed E-state index contributed by atoms with van der Waals surface area (Å²) in [6.07, 6.45) is -3.31. The molecule has 7 atom stereocenters. The number of esters is 2. The average molecular weight is 486 g/mol. The average Bonchev–Trinajstić information content (AvgIpc) is 2.74. The number of carbonyl (C=O) groups excluding carboxylic acids is 5. The van der Waals surface area contributed by atoms with Crippen LogP contribution in [-0.4, -0.2) is 71.2 Å². The normalized spacial score (nSPS) is 29.7. The molecule has 0 spiro atoms. The lowest BCUT2D eigenvalue weighted by molar-refractivity contribution is -0.165. The third-order valence-electron chi connectivity index (χ3n) is 5.75. The number of aliphatic hydroxyl groups is 1. The summed E-state index contributed by atoms with van der Waals surface area (Å²) in [7, 11) is 0. The topological polar surface area (TPSA) is 160 Å². The fourth-order valence-electron chi connectivity index (χ4n) is 3.32. The first-order valence-corrected chi connectivity index (χ1v) is 11.7. The first-order valence-electron chi connectivity index (χ1n) is 11.7. The van der Waals surface area contributed by atoms with Crippen LogP contribution < -0.4 is 16.0 Å². The maximum absolute atomic E-state index is 13.1. The molecule has 1 rings (SSSR count). The van der Waals surface area contributed by atoms with E-state index in [0.717, 1.165) is 0 Å².